The molecule has 0 atom stereocenters. The maximum atomic E-state index is 13.0. The molecule has 0 aliphatic heterocycles. The van der Waals surface area contributed by atoms with Crippen LogP contribution >= 0.6 is 11.8 Å². The van der Waals surface area contributed by atoms with Crippen molar-refractivity contribution in [2.45, 2.75) is 37.4 Å². The summed E-state index contributed by atoms with van der Waals surface area (Å²) in [5.74, 6) is 1.99. The number of para-hydroxylation sites is 2. The lowest BCUT2D eigenvalue weighted by Gasteiger charge is -2.11. The summed E-state index contributed by atoms with van der Waals surface area (Å²) in [7, 11) is 0. The van der Waals surface area contributed by atoms with Crippen LogP contribution in [0.3, 0.4) is 0 Å². The van der Waals surface area contributed by atoms with Gasteiger partial charge in [0.2, 0.25) is 11.7 Å². The Bertz CT molecular complexity index is 1500. The summed E-state index contributed by atoms with van der Waals surface area (Å²) < 4.78 is 13.3. The number of rotatable bonds is 9. The molecule has 5 rings (SSSR count). The molecular weight excluding hydrogens is 460 g/mol. The third kappa shape index (κ3) is 5.12. The second-order valence-corrected chi connectivity index (χ2v) is 8.88. The first-order valence-electron chi connectivity index (χ1n) is 11.4. The summed E-state index contributed by atoms with van der Waals surface area (Å²) in [5.41, 5.74) is 2.49. The minimum absolute atomic E-state index is 0.0318. The van der Waals surface area contributed by atoms with Crippen molar-refractivity contribution in [2.75, 3.05) is 0 Å². The average molecular weight is 485 g/mol. The van der Waals surface area contributed by atoms with Crippen LogP contribution in [0.4, 0.5) is 0 Å². The van der Waals surface area contributed by atoms with E-state index in [2.05, 4.69) is 10.1 Å². The third-order valence-electron chi connectivity index (χ3n) is 5.43. The molecule has 0 radical (unpaired) electrons. The van der Waals surface area contributed by atoms with Crippen molar-refractivity contribution in [3.05, 3.63) is 101 Å². The molecule has 176 valence electrons. The Morgan fingerprint density at radius 2 is 1.71 bits per heavy atom. The van der Waals surface area contributed by atoms with Gasteiger partial charge in [-0.3, -0.25) is 9.36 Å². The van der Waals surface area contributed by atoms with Gasteiger partial charge in [0, 0.05) is 6.54 Å². The fraction of sp³-hybridized carbons (Fsp3) is 0.185. The highest BCUT2D eigenvalue weighted by Crippen LogP contribution is 2.29. The molecule has 8 heteroatoms. The summed E-state index contributed by atoms with van der Waals surface area (Å²) in [4.78, 5) is 22.3. The number of hydrogen-bond acceptors (Lipinski definition) is 7. The van der Waals surface area contributed by atoms with Crippen LogP contribution in [0, 0.1) is 0 Å². The number of nitrogens with zero attached hydrogens (tertiary/aromatic N) is 4. The number of benzene rings is 3. The molecule has 0 saturated heterocycles. The van der Waals surface area contributed by atoms with Crippen molar-refractivity contribution in [3.63, 3.8) is 0 Å². The molecule has 7 nitrogen and oxygen atoms in total. The highest BCUT2D eigenvalue weighted by molar-refractivity contribution is 7.98. The van der Waals surface area contributed by atoms with E-state index in [0.29, 0.717) is 52.4 Å². The van der Waals surface area contributed by atoms with E-state index < -0.39 is 0 Å². The zero-order chi connectivity index (χ0) is 24.0. The van der Waals surface area contributed by atoms with Crippen LogP contribution in [0.5, 0.6) is 5.75 Å². The van der Waals surface area contributed by atoms with Crippen LogP contribution in [0.1, 0.15) is 24.8 Å². The van der Waals surface area contributed by atoms with Gasteiger partial charge in [-0.25, -0.2) is 4.98 Å². The molecule has 0 N–H and O–H groups in total. The van der Waals surface area contributed by atoms with Crippen LogP contribution in [0.25, 0.3) is 22.3 Å². The number of fused-ring (bicyclic) bond motifs is 1. The van der Waals surface area contributed by atoms with E-state index in [0.717, 1.165) is 17.5 Å². The molecule has 0 aliphatic rings. The molecule has 0 unspecified atom stereocenters. The lowest BCUT2D eigenvalue weighted by atomic mass is 10.2. The summed E-state index contributed by atoms with van der Waals surface area (Å²) >= 11 is 1.41. The number of thioether (sulfide) groups is 1. The van der Waals surface area contributed by atoms with Gasteiger partial charge in [-0.1, -0.05) is 78.4 Å². The van der Waals surface area contributed by atoms with E-state index in [4.69, 9.17) is 14.2 Å². The average Bonchev–Trinajstić information content (AvgIpc) is 3.38. The normalized spacial score (nSPS) is 11.1. The fourth-order valence-electron chi connectivity index (χ4n) is 3.74. The van der Waals surface area contributed by atoms with Crippen molar-refractivity contribution in [2.24, 2.45) is 0 Å². The third-order valence-corrected chi connectivity index (χ3v) is 6.39. The minimum Gasteiger partial charge on any atom is -0.488 e. The quantitative estimate of drug-likeness (QED) is 0.195. The highest BCUT2D eigenvalue weighted by atomic mass is 32.2. The van der Waals surface area contributed by atoms with Crippen LogP contribution in [0.2, 0.25) is 0 Å². The van der Waals surface area contributed by atoms with Gasteiger partial charge in [0.15, 0.2) is 5.16 Å². The van der Waals surface area contributed by atoms with Gasteiger partial charge >= 0.3 is 0 Å². The van der Waals surface area contributed by atoms with Gasteiger partial charge in [0.1, 0.15) is 12.4 Å². The van der Waals surface area contributed by atoms with Crippen LogP contribution in [0.15, 0.2) is 93.3 Å². The topological polar surface area (TPSA) is 83.0 Å². The molecule has 0 bridgehead atoms. The van der Waals surface area contributed by atoms with Gasteiger partial charge in [-0.05, 0) is 36.2 Å². The predicted molar refractivity (Wildman–Crippen MR) is 136 cm³/mol. The maximum absolute atomic E-state index is 13.0. The van der Waals surface area contributed by atoms with Crippen molar-refractivity contribution >= 4 is 22.7 Å². The first kappa shape index (κ1) is 22.9. The number of aromatic nitrogens is 4. The molecule has 0 amide bonds. The van der Waals surface area contributed by atoms with E-state index in [1.165, 1.54) is 11.8 Å². The second-order valence-electron chi connectivity index (χ2n) is 7.94. The Morgan fingerprint density at radius 1 is 0.943 bits per heavy atom. The Hall–Kier alpha value is -3.91. The Kier molecular flexibility index (Phi) is 6.90. The first-order chi connectivity index (χ1) is 17.2. The van der Waals surface area contributed by atoms with E-state index in [-0.39, 0.29) is 5.56 Å². The first-order valence-corrected chi connectivity index (χ1v) is 12.4. The molecule has 5 aromatic rings. The maximum Gasteiger partial charge on any atom is 0.262 e. The smallest absolute Gasteiger partial charge is 0.262 e. The number of ether oxygens (including phenoxy) is 1. The van der Waals surface area contributed by atoms with Gasteiger partial charge in [-0.2, -0.15) is 4.98 Å². The molecule has 3 aromatic carbocycles. The highest BCUT2D eigenvalue weighted by Gasteiger charge is 2.16. The molecule has 0 saturated carbocycles. The monoisotopic (exact) mass is 484 g/mol. The fourth-order valence-corrected chi connectivity index (χ4v) is 4.60. The molecule has 0 fully saturated rings. The SMILES string of the molecule is CCCn1c(SCc2nc(-c3ccccc3OCc3ccccc3)no2)nc2ccccc2c1=O. The van der Waals surface area contributed by atoms with Gasteiger partial charge in [0.05, 0.1) is 22.2 Å². The lowest BCUT2D eigenvalue weighted by Crippen LogP contribution is -2.23. The van der Waals surface area contributed by atoms with Gasteiger partial charge in [0.25, 0.3) is 5.56 Å². The Morgan fingerprint density at radius 3 is 2.57 bits per heavy atom. The zero-order valence-electron chi connectivity index (χ0n) is 19.3. The lowest BCUT2D eigenvalue weighted by molar-refractivity contribution is 0.307. The summed E-state index contributed by atoms with van der Waals surface area (Å²) in [6.07, 6.45) is 0.831. The van der Waals surface area contributed by atoms with Crippen LogP contribution in [-0.4, -0.2) is 19.7 Å². The van der Waals surface area contributed by atoms with Crippen molar-refractivity contribution < 1.29 is 9.26 Å². The second kappa shape index (κ2) is 10.6. The van der Waals surface area contributed by atoms with Gasteiger partial charge in [-0.15, -0.1) is 0 Å². The van der Waals surface area contributed by atoms with Crippen LogP contribution < -0.4 is 10.3 Å². The van der Waals surface area contributed by atoms with Crippen molar-refractivity contribution in [1.82, 2.24) is 19.7 Å². The summed E-state index contributed by atoms with van der Waals surface area (Å²) in [6.45, 7) is 3.08. The van der Waals surface area contributed by atoms with Crippen LogP contribution in [-0.2, 0) is 18.9 Å². The predicted octanol–water partition coefficient (Wildman–Crippen LogP) is 5.73. The van der Waals surface area contributed by atoms with Crippen molar-refractivity contribution in [1.29, 1.82) is 0 Å². The molecule has 0 aliphatic carbocycles. The largest absolute Gasteiger partial charge is 0.488 e. The summed E-state index contributed by atoms with van der Waals surface area (Å²) in [5, 5.41) is 5.44. The summed E-state index contributed by atoms with van der Waals surface area (Å²) in [6, 6.07) is 25.0. The molecule has 35 heavy (non-hydrogen) atoms. The van der Waals surface area contributed by atoms with E-state index in [9.17, 15) is 4.79 Å². The van der Waals surface area contributed by atoms with Gasteiger partial charge < -0.3 is 9.26 Å². The molecule has 2 heterocycles. The van der Waals surface area contributed by atoms with E-state index >= 15 is 0 Å². The zero-order valence-corrected chi connectivity index (χ0v) is 20.1. The molecular formula is C27H24N4O3S. The van der Waals surface area contributed by atoms with Crippen molar-refractivity contribution in [3.8, 4) is 17.1 Å². The molecule has 2 aromatic heterocycles. The van der Waals surface area contributed by atoms with E-state index in [1.807, 2.05) is 85.8 Å². The molecule has 0 spiro atoms. The Labute approximate surface area is 206 Å². The standard InChI is InChI=1S/C27H24N4O3S/c1-2-16-31-26(32)20-12-6-8-14-22(20)28-27(31)35-18-24-29-25(30-34-24)21-13-7-9-15-23(21)33-17-19-10-4-3-5-11-19/h3-15H,2,16-18H2,1H3. The van der Waals surface area contributed by atoms with E-state index in [1.54, 1.807) is 4.57 Å². The minimum atomic E-state index is -0.0318. The number of hydrogen-bond donors (Lipinski definition) is 0. The Balaban J connectivity index is 1.35.